The maximum atomic E-state index is 4.11. The Labute approximate surface area is 103 Å². The van der Waals surface area contributed by atoms with Crippen LogP contribution in [0.2, 0.25) is 0 Å². The average Bonchev–Trinajstić information content (AvgIpc) is 2.35. The van der Waals surface area contributed by atoms with Gasteiger partial charge in [-0.05, 0) is 35.6 Å². The van der Waals surface area contributed by atoms with E-state index in [1.165, 1.54) is 22.3 Å². The van der Waals surface area contributed by atoms with Crippen LogP contribution in [0.4, 0.5) is 0 Å². The first-order valence-corrected chi connectivity index (χ1v) is 5.86. The molecule has 0 aliphatic rings. The molecule has 0 aliphatic carbocycles. The molecule has 0 atom stereocenters. The fourth-order valence-electron chi connectivity index (χ4n) is 1.97. The van der Waals surface area contributed by atoms with Crippen LogP contribution in [0.5, 0.6) is 0 Å². The Morgan fingerprint density at radius 1 is 0.941 bits per heavy atom. The molecule has 0 N–H and O–H groups in total. The third-order valence-corrected chi connectivity index (χ3v) is 2.97. The molecule has 0 amide bonds. The van der Waals surface area contributed by atoms with Crippen molar-refractivity contribution in [2.45, 2.75) is 13.3 Å². The first-order valence-electron chi connectivity index (χ1n) is 5.86. The lowest BCUT2D eigenvalue weighted by Crippen LogP contribution is -1.96. The van der Waals surface area contributed by atoms with E-state index in [1.54, 1.807) is 0 Å². The van der Waals surface area contributed by atoms with E-state index in [0.717, 1.165) is 6.42 Å². The van der Waals surface area contributed by atoms with Crippen LogP contribution in [-0.2, 0) is 6.42 Å². The highest BCUT2D eigenvalue weighted by atomic mass is 14.6. The maximum Gasteiger partial charge on any atom is 0.0284 e. The smallest absolute Gasteiger partial charge is 0.0284 e. The van der Waals surface area contributed by atoms with Crippen molar-refractivity contribution in [3.05, 3.63) is 70.8 Å². The molecule has 0 fully saturated rings. The molecule has 0 aromatic heterocycles. The molecule has 0 saturated heterocycles. The van der Waals surface area contributed by atoms with Gasteiger partial charge < -0.3 is 0 Å². The summed E-state index contributed by atoms with van der Waals surface area (Å²) < 4.78 is 0. The number of rotatable bonds is 3. The summed E-state index contributed by atoms with van der Waals surface area (Å²) in [5, 5.41) is 0. The van der Waals surface area contributed by atoms with Crippen molar-refractivity contribution in [1.29, 1.82) is 0 Å². The first kappa shape index (κ1) is 11.6. The quantitative estimate of drug-likeness (QED) is 0.704. The maximum absolute atomic E-state index is 4.11. The van der Waals surface area contributed by atoms with Crippen molar-refractivity contribution >= 4 is 6.21 Å². The zero-order valence-electron chi connectivity index (χ0n) is 10.4. The fraction of sp³-hybridized carbons (Fsp3) is 0.188. The number of benzene rings is 2. The predicted octanol–water partition coefficient (Wildman–Crippen LogP) is 3.63. The molecule has 1 heteroatoms. The Morgan fingerprint density at radius 2 is 1.59 bits per heavy atom. The largest absolute Gasteiger partial charge is 0.296 e. The molecule has 2 rings (SSSR count). The van der Waals surface area contributed by atoms with Gasteiger partial charge in [0.15, 0.2) is 0 Å². The molecule has 0 heterocycles. The molecular formula is C16H17N. The van der Waals surface area contributed by atoms with E-state index < -0.39 is 0 Å². The summed E-state index contributed by atoms with van der Waals surface area (Å²) in [4.78, 5) is 4.11. The highest BCUT2D eigenvalue weighted by molar-refractivity contribution is 5.81. The van der Waals surface area contributed by atoms with Crippen LogP contribution in [0.3, 0.4) is 0 Å². The third kappa shape index (κ3) is 2.82. The highest BCUT2D eigenvalue weighted by Crippen LogP contribution is 2.16. The van der Waals surface area contributed by atoms with Crippen molar-refractivity contribution in [3.8, 4) is 0 Å². The van der Waals surface area contributed by atoms with Gasteiger partial charge in [0.25, 0.3) is 0 Å². The topological polar surface area (TPSA) is 12.4 Å². The second-order valence-corrected chi connectivity index (χ2v) is 4.19. The van der Waals surface area contributed by atoms with Gasteiger partial charge >= 0.3 is 0 Å². The Hall–Kier alpha value is -1.89. The first-order chi connectivity index (χ1) is 8.31. The van der Waals surface area contributed by atoms with Crippen molar-refractivity contribution < 1.29 is 0 Å². The SMILES string of the molecule is CN=Cc1ccccc1Cc1ccccc1C. The summed E-state index contributed by atoms with van der Waals surface area (Å²) in [5.41, 5.74) is 5.26. The van der Waals surface area contributed by atoms with Gasteiger partial charge in [-0.3, -0.25) is 4.99 Å². The summed E-state index contributed by atoms with van der Waals surface area (Å²) in [5.74, 6) is 0. The van der Waals surface area contributed by atoms with Crippen LogP contribution in [-0.4, -0.2) is 13.3 Å². The highest BCUT2D eigenvalue weighted by Gasteiger charge is 2.02. The van der Waals surface area contributed by atoms with E-state index in [9.17, 15) is 0 Å². The van der Waals surface area contributed by atoms with Crippen LogP contribution in [0.25, 0.3) is 0 Å². The van der Waals surface area contributed by atoms with Gasteiger partial charge in [0, 0.05) is 13.3 Å². The van der Waals surface area contributed by atoms with Crippen LogP contribution < -0.4 is 0 Å². The van der Waals surface area contributed by atoms with E-state index in [1.807, 2.05) is 13.3 Å². The van der Waals surface area contributed by atoms with Gasteiger partial charge in [-0.25, -0.2) is 0 Å². The third-order valence-electron chi connectivity index (χ3n) is 2.97. The molecule has 2 aromatic carbocycles. The molecule has 86 valence electrons. The lowest BCUT2D eigenvalue weighted by molar-refractivity contribution is 1.15. The minimum atomic E-state index is 0.967. The summed E-state index contributed by atoms with van der Waals surface area (Å²) >= 11 is 0. The van der Waals surface area contributed by atoms with Gasteiger partial charge in [0.2, 0.25) is 0 Å². The molecule has 17 heavy (non-hydrogen) atoms. The molecule has 0 saturated carbocycles. The monoisotopic (exact) mass is 223 g/mol. The number of hydrogen-bond acceptors (Lipinski definition) is 1. The minimum Gasteiger partial charge on any atom is -0.296 e. The van der Waals surface area contributed by atoms with Crippen molar-refractivity contribution in [3.63, 3.8) is 0 Å². The zero-order valence-corrected chi connectivity index (χ0v) is 10.4. The molecule has 0 radical (unpaired) electrons. The number of aryl methyl sites for hydroxylation is 1. The molecule has 2 aromatic rings. The molecule has 0 spiro atoms. The lowest BCUT2D eigenvalue weighted by atomic mass is 9.97. The van der Waals surface area contributed by atoms with Gasteiger partial charge in [0.05, 0.1) is 0 Å². The van der Waals surface area contributed by atoms with Crippen LogP contribution in [0.15, 0.2) is 53.5 Å². The van der Waals surface area contributed by atoms with Gasteiger partial charge in [-0.2, -0.15) is 0 Å². The van der Waals surface area contributed by atoms with Crippen molar-refractivity contribution in [1.82, 2.24) is 0 Å². The van der Waals surface area contributed by atoms with Crippen LogP contribution in [0.1, 0.15) is 22.3 Å². The average molecular weight is 223 g/mol. The van der Waals surface area contributed by atoms with Gasteiger partial charge in [0.1, 0.15) is 0 Å². The van der Waals surface area contributed by atoms with Gasteiger partial charge in [-0.15, -0.1) is 0 Å². The van der Waals surface area contributed by atoms with Crippen LogP contribution in [0, 0.1) is 6.92 Å². The van der Waals surface area contributed by atoms with E-state index in [-0.39, 0.29) is 0 Å². The number of nitrogens with zero attached hydrogens (tertiary/aromatic N) is 1. The Bertz CT molecular complexity index is 527. The number of hydrogen-bond donors (Lipinski definition) is 0. The second kappa shape index (κ2) is 5.44. The summed E-state index contributed by atoms with van der Waals surface area (Å²) in [6, 6.07) is 16.9. The molecule has 0 aliphatic heterocycles. The Balaban J connectivity index is 2.33. The van der Waals surface area contributed by atoms with Crippen molar-refractivity contribution in [2.24, 2.45) is 4.99 Å². The molecular weight excluding hydrogens is 206 g/mol. The minimum absolute atomic E-state index is 0.967. The summed E-state index contributed by atoms with van der Waals surface area (Å²) in [6.07, 6.45) is 2.89. The number of aliphatic imine (C=N–C) groups is 1. The molecule has 1 nitrogen and oxygen atoms in total. The Morgan fingerprint density at radius 3 is 2.29 bits per heavy atom. The summed E-state index contributed by atoms with van der Waals surface area (Å²) in [6.45, 7) is 2.16. The van der Waals surface area contributed by atoms with Crippen molar-refractivity contribution in [2.75, 3.05) is 7.05 Å². The summed E-state index contributed by atoms with van der Waals surface area (Å²) in [7, 11) is 1.81. The lowest BCUT2D eigenvalue weighted by Gasteiger charge is -2.08. The van der Waals surface area contributed by atoms with Gasteiger partial charge in [-0.1, -0.05) is 48.5 Å². The predicted molar refractivity (Wildman–Crippen MR) is 73.9 cm³/mol. The van der Waals surface area contributed by atoms with E-state index in [0.29, 0.717) is 0 Å². The fourth-order valence-corrected chi connectivity index (χ4v) is 1.97. The zero-order chi connectivity index (χ0) is 12.1. The second-order valence-electron chi connectivity index (χ2n) is 4.19. The molecule has 0 unspecified atom stereocenters. The van der Waals surface area contributed by atoms with E-state index >= 15 is 0 Å². The van der Waals surface area contributed by atoms with E-state index in [2.05, 4.69) is 60.4 Å². The standard InChI is InChI=1S/C16H17N/c1-13-7-3-4-8-14(13)11-15-9-5-6-10-16(15)12-17-2/h3-10,12H,11H2,1-2H3. The normalized spacial score (nSPS) is 10.9. The molecule has 0 bridgehead atoms. The Kier molecular flexibility index (Phi) is 3.71. The van der Waals surface area contributed by atoms with E-state index in [4.69, 9.17) is 0 Å². The van der Waals surface area contributed by atoms with Crippen LogP contribution >= 0.6 is 0 Å².